The number of methoxy groups -OCH3 is 2. The molecular formula is C18H24N4O5. The van der Waals surface area contributed by atoms with E-state index in [0.29, 0.717) is 29.2 Å². The van der Waals surface area contributed by atoms with Crippen LogP contribution in [-0.4, -0.2) is 54.6 Å². The van der Waals surface area contributed by atoms with Crippen LogP contribution < -0.4 is 15.4 Å². The number of alkyl carbamates (subject to hydrolysis) is 1. The Labute approximate surface area is 157 Å². The Kier molecular flexibility index (Phi) is 5.78. The molecule has 1 aromatic heterocycles. The summed E-state index contributed by atoms with van der Waals surface area (Å²) in [6.07, 6.45) is 3.69. The van der Waals surface area contributed by atoms with Crippen LogP contribution in [0, 0.1) is 0 Å². The van der Waals surface area contributed by atoms with Gasteiger partial charge in [0.2, 0.25) is 11.8 Å². The smallest absolute Gasteiger partial charge is 0.407 e. The van der Waals surface area contributed by atoms with Crippen molar-refractivity contribution in [1.82, 2.24) is 20.5 Å². The third-order valence-electron chi connectivity index (χ3n) is 4.97. The number of fused-ring (bicyclic) bond motifs is 1. The van der Waals surface area contributed by atoms with Gasteiger partial charge in [-0.25, -0.2) is 9.78 Å². The van der Waals surface area contributed by atoms with E-state index in [1.54, 1.807) is 6.07 Å². The van der Waals surface area contributed by atoms with Gasteiger partial charge >= 0.3 is 6.09 Å². The Morgan fingerprint density at radius 3 is 2.67 bits per heavy atom. The van der Waals surface area contributed by atoms with E-state index in [1.807, 2.05) is 4.90 Å². The molecule has 2 N–H and O–H groups in total. The number of aromatic nitrogens is 1. The molecule has 0 atom stereocenters. The number of ether oxygens (including phenoxy) is 2. The maximum atomic E-state index is 12.8. The Bertz CT molecular complexity index is 746. The Balaban J connectivity index is 1.68. The lowest BCUT2D eigenvalue weighted by atomic mass is 10.1. The quantitative estimate of drug-likeness (QED) is 0.765. The number of carbonyl (C=O) groups is 3. The van der Waals surface area contributed by atoms with Gasteiger partial charge in [-0.2, -0.15) is 0 Å². The summed E-state index contributed by atoms with van der Waals surface area (Å²) in [5, 5.41) is 4.97. The normalized spacial score (nSPS) is 16.2. The molecule has 0 saturated heterocycles. The van der Waals surface area contributed by atoms with Crippen LogP contribution in [0.15, 0.2) is 6.07 Å². The number of rotatable bonds is 6. The minimum absolute atomic E-state index is 0.00742. The third kappa shape index (κ3) is 4.12. The zero-order valence-corrected chi connectivity index (χ0v) is 15.5. The lowest BCUT2D eigenvalue weighted by Gasteiger charge is -2.22. The number of nitrogens with zero attached hydrogens (tertiary/aromatic N) is 2. The van der Waals surface area contributed by atoms with E-state index in [9.17, 15) is 14.4 Å². The van der Waals surface area contributed by atoms with Gasteiger partial charge in [0.15, 0.2) is 0 Å². The Hall–Kier alpha value is -2.84. The van der Waals surface area contributed by atoms with Crippen LogP contribution in [0.1, 0.15) is 47.3 Å². The van der Waals surface area contributed by atoms with Gasteiger partial charge in [-0.1, -0.05) is 12.8 Å². The molecule has 1 saturated carbocycles. The van der Waals surface area contributed by atoms with Gasteiger partial charge < -0.3 is 25.0 Å². The first-order valence-corrected chi connectivity index (χ1v) is 8.99. The lowest BCUT2D eigenvalue weighted by Crippen LogP contribution is -2.36. The molecule has 0 spiro atoms. The van der Waals surface area contributed by atoms with Gasteiger partial charge in [0.1, 0.15) is 6.54 Å². The number of hydrogen-bond donors (Lipinski definition) is 2. The third-order valence-corrected chi connectivity index (χ3v) is 4.97. The van der Waals surface area contributed by atoms with Crippen LogP contribution >= 0.6 is 0 Å². The highest BCUT2D eigenvalue weighted by atomic mass is 16.5. The second-order valence-electron chi connectivity index (χ2n) is 6.64. The fraction of sp³-hybridized carbons (Fsp3) is 0.556. The predicted molar refractivity (Wildman–Crippen MR) is 95.2 cm³/mol. The summed E-state index contributed by atoms with van der Waals surface area (Å²) in [4.78, 5) is 42.0. The molecule has 0 bridgehead atoms. The number of hydrogen-bond acceptors (Lipinski definition) is 6. The van der Waals surface area contributed by atoms with Crippen molar-refractivity contribution < 1.29 is 23.9 Å². The molecule has 9 nitrogen and oxygen atoms in total. The average Bonchev–Trinajstić information content (AvgIpc) is 3.31. The number of carbonyl (C=O) groups excluding carboxylic acids is 3. The number of amides is 3. The molecular weight excluding hydrogens is 352 g/mol. The highest BCUT2D eigenvalue weighted by Gasteiger charge is 2.35. The first kappa shape index (κ1) is 18.9. The standard InChI is InChI=1S/C18H24N4O5/c1-26-16-11(8-19-15(23)9-20-18(25)27-2)7-13-14(21-16)10-22(17(13)24)12-5-3-4-6-12/h7,12H,3-6,8-10H2,1-2H3,(H,19,23)(H,20,25). The van der Waals surface area contributed by atoms with Gasteiger partial charge in [0.05, 0.1) is 32.0 Å². The summed E-state index contributed by atoms with van der Waals surface area (Å²) in [5.74, 6) is -0.00935. The van der Waals surface area contributed by atoms with E-state index >= 15 is 0 Å². The van der Waals surface area contributed by atoms with Crippen molar-refractivity contribution in [3.8, 4) is 5.88 Å². The van der Waals surface area contributed by atoms with Crippen molar-refractivity contribution in [3.05, 3.63) is 22.9 Å². The summed E-state index contributed by atoms with van der Waals surface area (Å²) in [5.41, 5.74) is 1.90. The van der Waals surface area contributed by atoms with Crippen molar-refractivity contribution in [2.75, 3.05) is 20.8 Å². The van der Waals surface area contributed by atoms with E-state index in [4.69, 9.17) is 4.74 Å². The lowest BCUT2D eigenvalue weighted by molar-refractivity contribution is -0.120. The molecule has 3 rings (SSSR count). The molecule has 1 aliphatic carbocycles. The van der Waals surface area contributed by atoms with E-state index in [-0.39, 0.29) is 30.9 Å². The van der Waals surface area contributed by atoms with E-state index in [1.165, 1.54) is 14.2 Å². The molecule has 1 fully saturated rings. The zero-order chi connectivity index (χ0) is 19.4. The summed E-state index contributed by atoms with van der Waals surface area (Å²) in [6.45, 7) is 0.439. The molecule has 1 aromatic rings. The van der Waals surface area contributed by atoms with Crippen LogP contribution in [0.25, 0.3) is 0 Å². The van der Waals surface area contributed by atoms with Crippen molar-refractivity contribution >= 4 is 17.9 Å². The number of pyridine rings is 1. The number of nitrogens with one attached hydrogen (secondary N) is 2. The van der Waals surface area contributed by atoms with Crippen LogP contribution in [0.3, 0.4) is 0 Å². The van der Waals surface area contributed by atoms with Crippen LogP contribution in [0.5, 0.6) is 5.88 Å². The minimum atomic E-state index is -0.681. The van der Waals surface area contributed by atoms with Gasteiger partial charge in [-0.3, -0.25) is 9.59 Å². The molecule has 0 radical (unpaired) electrons. The topological polar surface area (TPSA) is 110 Å². The first-order chi connectivity index (χ1) is 13.0. The second-order valence-corrected chi connectivity index (χ2v) is 6.64. The monoisotopic (exact) mass is 376 g/mol. The molecule has 0 aromatic carbocycles. The Morgan fingerprint density at radius 2 is 2.00 bits per heavy atom. The highest BCUT2D eigenvalue weighted by molar-refractivity contribution is 5.98. The van der Waals surface area contributed by atoms with Gasteiger partial charge in [-0.15, -0.1) is 0 Å². The minimum Gasteiger partial charge on any atom is -0.481 e. The summed E-state index contributed by atoms with van der Waals surface area (Å²) in [7, 11) is 2.73. The van der Waals surface area contributed by atoms with Crippen molar-refractivity contribution in [3.63, 3.8) is 0 Å². The summed E-state index contributed by atoms with van der Waals surface area (Å²) >= 11 is 0. The summed E-state index contributed by atoms with van der Waals surface area (Å²) in [6, 6.07) is 2.03. The summed E-state index contributed by atoms with van der Waals surface area (Å²) < 4.78 is 9.74. The van der Waals surface area contributed by atoms with Gasteiger partial charge in [0, 0.05) is 18.2 Å². The molecule has 1 aliphatic heterocycles. The van der Waals surface area contributed by atoms with E-state index in [2.05, 4.69) is 20.4 Å². The second kappa shape index (κ2) is 8.24. The highest BCUT2D eigenvalue weighted by Crippen LogP contribution is 2.33. The molecule has 3 amide bonds. The molecule has 2 heterocycles. The molecule has 146 valence electrons. The molecule has 0 unspecified atom stereocenters. The van der Waals surface area contributed by atoms with Crippen molar-refractivity contribution in [2.24, 2.45) is 0 Å². The van der Waals surface area contributed by atoms with E-state index < -0.39 is 6.09 Å². The van der Waals surface area contributed by atoms with Gasteiger partial charge in [-0.05, 0) is 18.9 Å². The SMILES string of the molecule is COC(=O)NCC(=O)NCc1cc2c(nc1OC)CN(C1CCCC1)C2=O. The maximum absolute atomic E-state index is 12.8. The molecule has 2 aliphatic rings. The van der Waals surface area contributed by atoms with Gasteiger partial charge in [0.25, 0.3) is 5.91 Å². The Morgan fingerprint density at radius 1 is 1.26 bits per heavy atom. The van der Waals surface area contributed by atoms with Crippen LogP contribution in [-0.2, 0) is 22.6 Å². The van der Waals surface area contributed by atoms with Crippen LogP contribution in [0.4, 0.5) is 4.79 Å². The molecule has 27 heavy (non-hydrogen) atoms. The maximum Gasteiger partial charge on any atom is 0.407 e. The fourth-order valence-corrected chi connectivity index (χ4v) is 3.56. The predicted octanol–water partition coefficient (Wildman–Crippen LogP) is 0.961. The largest absolute Gasteiger partial charge is 0.481 e. The van der Waals surface area contributed by atoms with Crippen molar-refractivity contribution in [2.45, 2.75) is 44.8 Å². The fourth-order valence-electron chi connectivity index (χ4n) is 3.56. The zero-order valence-electron chi connectivity index (χ0n) is 15.5. The average molecular weight is 376 g/mol. The first-order valence-electron chi connectivity index (χ1n) is 8.99. The van der Waals surface area contributed by atoms with E-state index in [0.717, 1.165) is 25.7 Å². The molecule has 9 heteroatoms. The van der Waals surface area contributed by atoms with Crippen LogP contribution in [0.2, 0.25) is 0 Å². The van der Waals surface area contributed by atoms with Crippen molar-refractivity contribution in [1.29, 1.82) is 0 Å².